The van der Waals surface area contributed by atoms with Crippen molar-refractivity contribution in [1.82, 2.24) is 5.32 Å². The Morgan fingerprint density at radius 3 is 2.52 bits per heavy atom. The summed E-state index contributed by atoms with van der Waals surface area (Å²) < 4.78 is 51.7. The van der Waals surface area contributed by atoms with Crippen molar-refractivity contribution in [2.75, 3.05) is 5.32 Å². The van der Waals surface area contributed by atoms with Crippen LogP contribution in [0.4, 0.5) is 28.0 Å². The second-order valence-electron chi connectivity index (χ2n) is 4.92. The Labute approximate surface area is 130 Å². The molecule has 0 aliphatic heterocycles. The smallest absolute Gasteiger partial charge is 0.334 e. The molecule has 0 radical (unpaired) electrons. The molecule has 0 fully saturated rings. The molecular weight excluding hydrogens is 312 g/mol. The third-order valence-electron chi connectivity index (χ3n) is 3.21. The highest BCUT2D eigenvalue weighted by molar-refractivity contribution is 5.90. The number of halogens is 4. The maximum atomic E-state index is 13.1. The molecule has 122 valence electrons. The Kier molecular flexibility index (Phi) is 4.88. The molecule has 2 rings (SSSR count). The van der Waals surface area contributed by atoms with Crippen LogP contribution in [-0.4, -0.2) is 6.03 Å². The van der Waals surface area contributed by atoms with E-state index in [4.69, 9.17) is 0 Å². The predicted octanol–water partition coefficient (Wildman–Crippen LogP) is 4.47. The second kappa shape index (κ2) is 6.68. The molecule has 0 unspecified atom stereocenters. The van der Waals surface area contributed by atoms with E-state index < -0.39 is 23.6 Å². The summed E-state index contributed by atoms with van der Waals surface area (Å²) >= 11 is 0. The highest BCUT2D eigenvalue weighted by Gasteiger charge is 2.32. The van der Waals surface area contributed by atoms with Gasteiger partial charge in [-0.1, -0.05) is 24.3 Å². The molecule has 2 aromatic rings. The molecular formula is C16H14F4N2O. The number of amides is 2. The van der Waals surface area contributed by atoms with Crippen molar-refractivity contribution in [3.63, 3.8) is 0 Å². The van der Waals surface area contributed by atoms with E-state index in [1.54, 1.807) is 6.92 Å². The van der Waals surface area contributed by atoms with E-state index in [0.29, 0.717) is 5.56 Å². The van der Waals surface area contributed by atoms with E-state index in [9.17, 15) is 22.4 Å². The number of aryl methyl sites for hydroxylation is 1. The number of hydrogen-bond acceptors (Lipinski definition) is 1. The van der Waals surface area contributed by atoms with Gasteiger partial charge in [0.25, 0.3) is 0 Å². The fraction of sp³-hybridized carbons (Fsp3) is 0.188. The highest BCUT2D eigenvalue weighted by atomic mass is 19.4. The van der Waals surface area contributed by atoms with Gasteiger partial charge in [0, 0.05) is 12.2 Å². The van der Waals surface area contributed by atoms with Gasteiger partial charge in [-0.15, -0.1) is 0 Å². The van der Waals surface area contributed by atoms with Crippen LogP contribution in [0.3, 0.4) is 0 Å². The van der Waals surface area contributed by atoms with Gasteiger partial charge >= 0.3 is 12.2 Å². The number of carbonyl (C=O) groups is 1. The Morgan fingerprint density at radius 2 is 1.83 bits per heavy atom. The minimum atomic E-state index is -4.49. The molecule has 7 heteroatoms. The van der Waals surface area contributed by atoms with Gasteiger partial charge in [0.05, 0.1) is 5.56 Å². The van der Waals surface area contributed by atoms with Gasteiger partial charge < -0.3 is 10.6 Å². The minimum absolute atomic E-state index is 0.0499. The van der Waals surface area contributed by atoms with E-state index in [-0.39, 0.29) is 17.8 Å². The summed E-state index contributed by atoms with van der Waals surface area (Å²) in [4.78, 5) is 11.8. The molecule has 23 heavy (non-hydrogen) atoms. The van der Waals surface area contributed by atoms with Gasteiger partial charge in [0.1, 0.15) is 5.82 Å². The largest absolute Gasteiger partial charge is 0.416 e. The summed E-state index contributed by atoms with van der Waals surface area (Å²) in [7, 11) is 0. The normalized spacial score (nSPS) is 11.2. The number of hydrogen-bond donors (Lipinski definition) is 2. The maximum absolute atomic E-state index is 13.1. The standard InChI is InChI=1S/C16H14F4N2O/c1-10-6-7-12(17)8-14(10)22-15(23)21-9-11-4-2-3-5-13(11)16(18,19)20/h2-8H,9H2,1H3,(H2,21,22,23). The zero-order valence-corrected chi connectivity index (χ0v) is 12.2. The quantitative estimate of drug-likeness (QED) is 0.803. The van der Waals surface area contributed by atoms with Crippen molar-refractivity contribution in [2.45, 2.75) is 19.6 Å². The summed E-state index contributed by atoms with van der Waals surface area (Å²) in [5.74, 6) is -0.520. The Hall–Kier alpha value is -2.57. The van der Waals surface area contributed by atoms with E-state index in [2.05, 4.69) is 10.6 Å². The fourth-order valence-electron chi connectivity index (χ4n) is 2.02. The lowest BCUT2D eigenvalue weighted by molar-refractivity contribution is -0.138. The van der Waals surface area contributed by atoms with Crippen molar-refractivity contribution in [3.8, 4) is 0 Å². The first-order valence-corrected chi connectivity index (χ1v) is 6.73. The van der Waals surface area contributed by atoms with Crippen LogP contribution < -0.4 is 10.6 Å². The number of benzene rings is 2. The molecule has 2 N–H and O–H groups in total. The van der Waals surface area contributed by atoms with Gasteiger partial charge in [-0.3, -0.25) is 0 Å². The van der Waals surface area contributed by atoms with Crippen LogP contribution >= 0.6 is 0 Å². The highest BCUT2D eigenvalue weighted by Crippen LogP contribution is 2.31. The molecule has 0 saturated heterocycles. The summed E-state index contributed by atoms with van der Waals surface area (Å²) in [6.45, 7) is 1.38. The van der Waals surface area contributed by atoms with Gasteiger partial charge in [-0.05, 0) is 36.2 Å². The molecule has 0 heterocycles. The summed E-state index contributed by atoms with van der Waals surface area (Å²) in [5, 5.41) is 4.74. The van der Waals surface area contributed by atoms with Crippen molar-refractivity contribution in [3.05, 3.63) is 65.0 Å². The monoisotopic (exact) mass is 326 g/mol. The Morgan fingerprint density at radius 1 is 1.13 bits per heavy atom. The molecule has 0 atom stereocenters. The van der Waals surface area contributed by atoms with Gasteiger partial charge in [0.15, 0.2) is 0 Å². The van der Waals surface area contributed by atoms with Crippen molar-refractivity contribution >= 4 is 11.7 Å². The third-order valence-corrected chi connectivity index (χ3v) is 3.21. The zero-order valence-electron chi connectivity index (χ0n) is 12.2. The number of rotatable bonds is 3. The number of nitrogens with one attached hydrogen (secondary N) is 2. The predicted molar refractivity (Wildman–Crippen MR) is 78.4 cm³/mol. The first-order valence-electron chi connectivity index (χ1n) is 6.73. The molecule has 2 aromatic carbocycles. The van der Waals surface area contributed by atoms with E-state index >= 15 is 0 Å². The third kappa shape index (κ3) is 4.45. The molecule has 0 saturated carbocycles. The topological polar surface area (TPSA) is 41.1 Å². The zero-order chi connectivity index (χ0) is 17.0. The summed E-state index contributed by atoms with van der Waals surface area (Å²) in [6.07, 6.45) is -4.49. The average Bonchev–Trinajstić information content (AvgIpc) is 2.48. The van der Waals surface area contributed by atoms with Crippen molar-refractivity contribution in [1.29, 1.82) is 0 Å². The lowest BCUT2D eigenvalue weighted by Gasteiger charge is -2.14. The summed E-state index contributed by atoms with van der Waals surface area (Å²) in [6, 6.07) is 8.14. The molecule has 0 aromatic heterocycles. The molecule has 0 aliphatic rings. The Bertz CT molecular complexity index is 713. The van der Waals surface area contributed by atoms with Crippen LogP contribution in [0.2, 0.25) is 0 Å². The Balaban J connectivity index is 2.04. The number of carbonyl (C=O) groups excluding carboxylic acids is 1. The number of urea groups is 1. The van der Waals surface area contributed by atoms with E-state index in [1.165, 1.54) is 30.3 Å². The number of anilines is 1. The molecule has 0 spiro atoms. The lowest BCUT2D eigenvalue weighted by atomic mass is 10.1. The summed E-state index contributed by atoms with van der Waals surface area (Å²) in [5.41, 5.74) is 0.0391. The fourth-order valence-corrected chi connectivity index (χ4v) is 2.02. The van der Waals surface area contributed by atoms with E-state index in [0.717, 1.165) is 12.1 Å². The van der Waals surface area contributed by atoms with Gasteiger partial charge in [-0.2, -0.15) is 13.2 Å². The first-order chi connectivity index (χ1) is 10.8. The molecule has 0 aliphatic carbocycles. The number of alkyl halides is 3. The molecule has 3 nitrogen and oxygen atoms in total. The van der Waals surface area contributed by atoms with Gasteiger partial charge in [-0.25, -0.2) is 9.18 Å². The van der Waals surface area contributed by atoms with Crippen LogP contribution in [0.25, 0.3) is 0 Å². The lowest BCUT2D eigenvalue weighted by Crippen LogP contribution is -2.29. The minimum Gasteiger partial charge on any atom is -0.334 e. The van der Waals surface area contributed by atoms with Crippen molar-refractivity contribution < 1.29 is 22.4 Å². The van der Waals surface area contributed by atoms with Crippen LogP contribution in [0.1, 0.15) is 16.7 Å². The first kappa shape index (κ1) is 16.8. The van der Waals surface area contributed by atoms with Crippen LogP contribution in [0, 0.1) is 12.7 Å². The van der Waals surface area contributed by atoms with Crippen LogP contribution in [0.15, 0.2) is 42.5 Å². The maximum Gasteiger partial charge on any atom is 0.416 e. The van der Waals surface area contributed by atoms with Crippen LogP contribution in [0.5, 0.6) is 0 Å². The van der Waals surface area contributed by atoms with E-state index in [1.807, 2.05) is 0 Å². The van der Waals surface area contributed by atoms with Crippen molar-refractivity contribution in [2.24, 2.45) is 0 Å². The van der Waals surface area contributed by atoms with Gasteiger partial charge in [0.2, 0.25) is 0 Å². The second-order valence-corrected chi connectivity index (χ2v) is 4.92. The van der Waals surface area contributed by atoms with Crippen LogP contribution in [-0.2, 0) is 12.7 Å². The average molecular weight is 326 g/mol. The molecule has 2 amide bonds. The molecule has 0 bridgehead atoms. The SMILES string of the molecule is Cc1ccc(F)cc1NC(=O)NCc1ccccc1C(F)(F)F.